The summed E-state index contributed by atoms with van der Waals surface area (Å²) >= 11 is -0.931. The second-order valence-electron chi connectivity index (χ2n) is 4.00. The predicted molar refractivity (Wildman–Crippen MR) is 78.0 cm³/mol. The zero-order valence-corrected chi connectivity index (χ0v) is 16.6. The van der Waals surface area contributed by atoms with E-state index < -0.39 is 15.1 Å². The van der Waals surface area contributed by atoms with Crippen molar-refractivity contribution in [3.63, 3.8) is 0 Å². The van der Waals surface area contributed by atoms with Crippen molar-refractivity contribution in [2.24, 2.45) is 0 Å². The van der Waals surface area contributed by atoms with Crippen LogP contribution in [0.3, 0.4) is 0 Å². The Bertz CT molecular complexity index is 96.2. The summed E-state index contributed by atoms with van der Waals surface area (Å²) in [6.07, 6.45) is 13.2. The molecule has 0 fully saturated rings. The van der Waals surface area contributed by atoms with Gasteiger partial charge >= 0.3 is 34.5 Å². The molecule has 0 bridgehead atoms. The molecule has 0 rings (SSSR count). The van der Waals surface area contributed by atoms with Gasteiger partial charge in [-0.15, -0.1) is 7.92 Å². The van der Waals surface area contributed by atoms with Crippen LogP contribution in [0.15, 0.2) is 0 Å². The van der Waals surface area contributed by atoms with Gasteiger partial charge in [-0.05, 0) is 37.7 Å². The number of hydrogen-bond donors (Lipinski definition) is 0. The molecule has 0 unspecified atom stereocenters. The van der Waals surface area contributed by atoms with E-state index in [1.807, 2.05) is 0 Å². The molecule has 0 spiro atoms. The number of halogens is 2. The average molecular weight is 339 g/mol. The van der Waals surface area contributed by atoms with Gasteiger partial charge in [0.1, 0.15) is 0 Å². The molecule has 0 atom stereocenters. The average Bonchev–Trinajstić information content (AvgIpc) is 2.29. The van der Waals surface area contributed by atoms with E-state index >= 15 is 0 Å². The van der Waals surface area contributed by atoms with Crippen LogP contribution in [0.25, 0.3) is 0 Å². The van der Waals surface area contributed by atoms with Crippen LogP contribution < -0.4 is 0 Å². The standard InChI is InChI=1S/C12H27P.2ClH.Zn/c1-4-7-10-13(11-8-5-2)12-9-6-3;;;/h4-12H2,1-3H3;2*1H;/q;;;+2/p-2. The van der Waals surface area contributed by atoms with Gasteiger partial charge in [-0.2, -0.15) is 0 Å². The van der Waals surface area contributed by atoms with E-state index in [-0.39, 0.29) is 0 Å². The van der Waals surface area contributed by atoms with Crippen molar-refractivity contribution in [3.8, 4) is 0 Å². The summed E-state index contributed by atoms with van der Waals surface area (Å²) in [5, 5.41) is 0. The molecule has 0 heterocycles. The summed E-state index contributed by atoms with van der Waals surface area (Å²) in [6, 6.07) is 0. The van der Waals surface area contributed by atoms with Crippen molar-refractivity contribution >= 4 is 27.3 Å². The Balaban J connectivity index is 0. The second kappa shape index (κ2) is 19.0. The normalized spacial score (nSPS) is 9.62. The van der Waals surface area contributed by atoms with Crippen molar-refractivity contribution in [2.75, 3.05) is 18.5 Å². The molecule has 0 aliphatic carbocycles. The Labute approximate surface area is 120 Å². The Kier molecular flexibility index (Phi) is 23.7. The third-order valence-corrected chi connectivity index (χ3v) is 5.33. The van der Waals surface area contributed by atoms with Gasteiger partial charge in [-0.1, -0.05) is 40.0 Å². The van der Waals surface area contributed by atoms with Crippen molar-refractivity contribution in [3.05, 3.63) is 0 Å². The van der Waals surface area contributed by atoms with Crippen LogP contribution >= 0.6 is 27.3 Å². The molecule has 0 saturated heterocycles. The first-order valence-electron chi connectivity index (χ1n) is 6.60. The molecule has 0 aromatic heterocycles. The third-order valence-electron chi connectivity index (χ3n) is 2.48. The van der Waals surface area contributed by atoms with E-state index in [2.05, 4.69) is 20.8 Å². The topological polar surface area (TPSA) is 0 Å². The fourth-order valence-corrected chi connectivity index (χ4v) is 4.44. The number of rotatable bonds is 9. The van der Waals surface area contributed by atoms with Crippen molar-refractivity contribution in [2.45, 2.75) is 59.3 Å². The number of unbranched alkanes of at least 4 members (excludes halogenated alkanes) is 3. The van der Waals surface area contributed by atoms with E-state index in [4.69, 9.17) is 19.4 Å². The van der Waals surface area contributed by atoms with Crippen molar-refractivity contribution in [1.82, 2.24) is 0 Å². The molecule has 0 saturated carbocycles. The van der Waals surface area contributed by atoms with Crippen molar-refractivity contribution in [1.29, 1.82) is 0 Å². The van der Waals surface area contributed by atoms with Gasteiger partial charge in [-0.25, -0.2) is 0 Å². The van der Waals surface area contributed by atoms with Crippen LogP contribution in [-0.2, 0) is 15.1 Å². The molecule has 4 heteroatoms. The molecule has 0 aliphatic heterocycles. The number of hydrogen-bond acceptors (Lipinski definition) is 0. The van der Waals surface area contributed by atoms with E-state index in [0.29, 0.717) is 7.92 Å². The maximum atomic E-state index is 4.95. The van der Waals surface area contributed by atoms with Crippen LogP contribution in [0.1, 0.15) is 59.3 Å². The third kappa shape index (κ3) is 18.0. The molecule has 0 radical (unpaired) electrons. The summed E-state index contributed by atoms with van der Waals surface area (Å²) < 4.78 is 0. The zero-order valence-electron chi connectivity index (χ0n) is 11.3. The summed E-state index contributed by atoms with van der Waals surface area (Å²) in [7, 11) is 10.3. The fourth-order valence-electron chi connectivity index (χ4n) is 1.48. The second-order valence-corrected chi connectivity index (χ2v) is 11.3. The summed E-state index contributed by atoms with van der Waals surface area (Å²) in [5.74, 6) is 0. The van der Waals surface area contributed by atoms with E-state index in [0.717, 1.165) is 0 Å². The Morgan fingerprint density at radius 2 is 1.00 bits per heavy atom. The van der Waals surface area contributed by atoms with Crippen LogP contribution in [-0.4, -0.2) is 18.5 Å². The first kappa shape index (κ1) is 20.0. The predicted octanol–water partition coefficient (Wildman–Crippen LogP) is 6.25. The van der Waals surface area contributed by atoms with Gasteiger partial charge in [0, 0.05) is 0 Å². The van der Waals surface area contributed by atoms with E-state index in [1.165, 1.54) is 38.5 Å². The van der Waals surface area contributed by atoms with E-state index in [9.17, 15) is 0 Å². The molecule has 0 nitrogen and oxygen atoms in total. The molecule has 16 heavy (non-hydrogen) atoms. The van der Waals surface area contributed by atoms with E-state index in [1.54, 1.807) is 18.5 Å². The molecular weight excluding hydrogens is 311 g/mol. The first-order chi connectivity index (χ1) is 7.76. The van der Waals surface area contributed by atoms with Crippen LogP contribution in [0, 0.1) is 0 Å². The van der Waals surface area contributed by atoms with Crippen LogP contribution in [0.5, 0.6) is 0 Å². The Morgan fingerprint density at radius 3 is 1.19 bits per heavy atom. The van der Waals surface area contributed by atoms with Gasteiger partial charge < -0.3 is 0 Å². The van der Waals surface area contributed by atoms with Crippen LogP contribution in [0.4, 0.5) is 0 Å². The molecule has 0 aromatic carbocycles. The molecule has 0 aromatic rings. The maximum absolute atomic E-state index is 4.95. The van der Waals surface area contributed by atoms with Gasteiger partial charge in [0.2, 0.25) is 0 Å². The quantitative estimate of drug-likeness (QED) is 0.344. The molecule has 96 valence electrons. The fraction of sp³-hybridized carbons (Fsp3) is 1.00. The Morgan fingerprint density at radius 1 is 0.750 bits per heavy atom. The summed E-state index contributed by atoms with van der Waals surface area (Å²) in [4.78, 5) is 0. The SMILES string of the molecule is CCCCP(CCCC)CCCC.[Cl][Zn][Cl]. The van der Waals surface area contributed by atoms with Gasteiger partial charge in [-0.3, -0.25) is 0 Å². The molecule has 0 N–H and O–H groups in total. The first-order valence-corrected chi connectivity index (χ1v) is 16.3. The zero-order chi connectivity index (χ0) is 12.6. The van der Waals surface area contributed by atoms with Crippen LogP contribution in [0.2, 0.25) is 0 Å². The van der Waals surface area contributed by atoms with Gasteiger partial charge in [0.15, 0.2) is 0 Å². The van der Waals surface area contributed by atoms with Crippen molar-refractivity contribution < 1.29 is 15.1 Å². The minimum atomic E-state index is -0.931. The monoisotopic (exact) mass is 336 g/mol. The molecule has 0 amide bonds. The molecule has 0 aliphatic rings. The van der Waals surface area contributed by atoms with Gasteiger partial charge in [0.05, 0.1) is 0 Å². The summed E-state index contributed by atoms with van der Waals surface area (Å²) in [5.41, 5.74) is 0. The molecular formula is C12H27Cl2PZn. The van der Waals surface area contributed by atoms with Gasteiger partial charge in [0.25, 0.3) is 0 Å². The Hall–Kier alpha value is 1.63. The summed E-state index contributed by atoms with van der Waals surface area (Å²) in [6.45, 7) is 6.94. The minimum absolute atomic E-state index is 0.422.